The van der Waals surface area contributed by atoms with Crippen molar-refractivity contribution in [3.63, 3.8) is 0 Å². The first kappa shape index (κ1) is 24.0. The van der Waals surface area contributed by atoms with Gasteiger partial charge >= 0.3 is 6.18 Å². The molecule has 0 spiro atoms. The number of halogens is 3. The number of carbonyl (C=O) groups excluding carboxylic acids is 1. The molecule has 194 valence electrons. The Morgan fingerprint density at radius 1 is 1.16 bits per heavy atom. The van der Waals surface area contributed by atoms with Crippen LogP contribution in [0.5, 0.6) is 0 Å². The summed E-state index contributed by atoms with van der Waals surface area (Å²) < 4.78 is 55.3. The maximum Gasteiger partial charge on any atom is 0.417 e. The zero-order chi connectivity index (χ0) is 25.6. The number of hydrogen-bond donors (Lipinski definition) is 1. The number of rotatable bonds is 6. The molecule has 1 aliphatic heterocycles. The summed E-state index contributed by atoms with van der Waals surface area (Å²) in [5.74, 6) is -0.245. The predicted octanol–water partition coefficient (Wildman–Crippen LogP) is 3.08. The Morgan fingerprint density at radius 2 is 2.03 bits per heavy atom. The molecule has 9 nitrogen and oxygen atoms in total. The Hall–Kier alpha value is -3.38. The summed E-state index contributed by atoms with van der Waals surface area (Å²) in [6.45, 7) is 1.82. The molecule has 2 fully saturated rings. The number of hydrogen-bond acceptors (Lipinski definition) is 7. The van der Waals surface area contributed by atoms with Gasteiger partial charge in [0.05, 0.1) is 67.4 Å². The first-order valence-corrected chi connectivity index (χ1v) is 12.3. The van der Waals surface area contributed by atoms with Gasteiger partial charge in [-0.15, -0.1) is 0 Å². The molecule has 1 atom stereocenters. The van der Waals surface area contributed by atoms with Gasteiger partial charge in [0.25, 0.3) is 5.91 Å². The molecule has 3 aliphatic rings. The van der Waals surface area contributed by atoms with Gasteiger partial charge in [0.2, 0.25) is 0 Å². The fraction of sp³-hybridized carbons (Fsp3) is 0.480. The molecule has 0 bridgehead atoms. The minimum atomic E-state index is -4.69. The largest absolute Gasteiger partial charge is 0.417 e. The lowest BCUT2D eigenvalue weighted by Crippen LogP contribution is -2.32. The van der Waals surface area contributed by atoms with Gasteiger partial charge in [0, 0.05) is 23.9 Å². The predicted molar refractivity (Wildman–Crippen MR) is 124 cm³/mol. The molecule has 2 aliphatic carbocycles. The van der Waals surface area contributed by atoms with E-state index in [-0.39, 0.29) is 41.7 Å². The zero-order valence-electron chi connectivity index (χ0n) is 19.9. The van der Waals surface area contributed by atoms with E-state index in [0.29, 0.717) is 50.0 Å². The summed E-state index contributed by atoms with van der Waals surface area (Å²) in [5, 5.41) is 7.08. The average Bonchev–Trinajstić information content (AvgIpc) is 3.66. The van der Waals surface area contributed by atoms with Gasteiger partial charge in [-0.2, -0.15) is 18.3 Å². The molecule has 4 heterocycles. The molecule has 1 N–H and O–H groups in total. The highest BCUT2D eigenvalue weighted by Crippen LogP contribution is 2.42. The summed E-state index contributed by atoms with van der Waals surface area (Å²) >= 11 is 0. The number of amides is 1. The van der Waals surface area contributed by atoms with E-state index < -0.39 is 17.6 Å². The van der Waals surface area contributed by atoms with Crippen LogP contribution in [-0.2, 0) is 41.6 Å². The minimum Gasteiger partial charge on any atom is -0.376 e. The smallest absolute Gasteiger partial charge is 0.376 e. The van der Waals surface area contributed by atoms with Crippen LogP contribution in [0.25, 0.3) is 11.3 Å². The lowest BCUT2D eigenvalue weighted by Gasteiger charge is -2.22. The van der Waals surface area contributed by atoms with E-state index >= 15 is 0 Å². The second kappa shape index (κ2) is 9.49. The van der Waals surface area contributed by atoms with Crippen LogP contribution in [0.15, 0.2) is 24.7 Å². The van der Waals surface area contributed by atoms with Crippen LogP contribution in [0.1, 0.15) is 57.5 Å². The van der Waals surface area contributed by atoms with Gasteiger partial charge in [0.15, 0.2) is 0 Å². The van der Waals surface area contributed by atoms with Crippen molar-refractivity contribution in [3.8, 4) is 11.3 Å². The van der Waals surface area contributed by atoms with Crippen LogP contribution in [0.4, 0.5) is 13.2 Å². The standard InChI is InChI=1S/C25H25F3N6O3/c26-25(27,28)18-7-20(24(35)31-9-16-8-30-21(10-29-16)14-1-2-14)32-19-4-3-15-11-34(33-23(15)22(18)19)12-17-13-36-5-6-37-17/h7-8,10-11,14,17H,1-6,9,12-13H2,(H,31,35)/t17-/m0/s1. The SMILES string of the molecule is O=C(NCc1cnc(C2CC2)cn1)c1cc(C(F)(F)F)c2c(n1)CCc1cn(C[C@H]3COCCO3)nc1-2. The number of aromatic nitrogens is 5. The topological polar surface area (TPSA) is 104 Å². The fourth-order valence-corrected chi connectivity index (χ4v) is 4.74. The van der Waals surface area contributed by atoms with E-state index in [1.54, 1.807) is 23.3 Å². The number of carbonyl (C=O) groups is 1. The molecule has 37 heavy (non-hydrogen) atoms. The number of nitrogens with one attached hydrogen (secondary N) is 1. The van der Waals surface area contributed by atoms with Gasteiger partial charge < -0.3 is 14.8 Å². The fourth-order valence-electron chi connectivity index (χ4n) is 4.74. The summed E-state index contributed by atoms with van der Waals surface area (Å²) in [4.78, 5) is 25.8. The summed E-state index contributed by atoms with van der Waals surface area (Å²) in [5.41, 5.74) is 1.34. The highest BCUT2D eigenvalue weighted by atomic mass is 19.4. The van der Waals surface area contributed by atoms with Crippen molar-refractivity contribution in [2.45, 2.75) is 57.0 Å². The van der Waals surface area contributed by atoms with Crippen molar-refractivity contribution in [1.82, 2.24) is 30.0 Å². The van der Waals surface area contributed by atoms with Gasteiger partial charge in [-0.3, -0.25) is 19.4 Å². The van der Waals surface area contributed by atoms with Gasteiger partial charge in [-0.25, -0.2) is 4.98 Å². The first-order chi connectivity index (χ1) is 17.8. The molecule has 0 radical (unpaired) electrons. The Labute approximate surface area is 210 Å². The molecular weight excluding hydrogens is 489 g/mol. The maximum absolute atomic E-state index is 14.2. The van der Waals surface area contributed by atoms with Crippen LogP contribution in [0, 0.1) is 0 Å². The van der Waals surface area contributed by atoms with E-state index in [2.05, 4.69) is 25.4 Å². The van der Waals surface area contributed by atoms with Crippen molar-refractivity contribution in [3.05, 3.63) is 58.6 Å². The molecule has 6 rings (SSSR count). The van der Waals surface area contributed by atoms with Crippen LogP contribution < -0.4 is 5.32 Å². The lowest BCUT2D eigenvalue weighted by molar-refractivity contribution is -0.137. The second-order valence-electron chi connectivity index (χ2n) is 9.56. The number of fused-ring (bicyclic) bond motifs is 3. The van der Waals surface area contributed by atoms with Crippen molar-refractivity contribution in [2.75, 3.05) is 19.8 Å². The van der Waals surface area contributed by atoms with E-state index in [9.17, 15) is 18.0 Å². The molecule has 1 saturated heterocycles. The molecule has 1 saturated carbocycles. The molecule has 3 aromatic heterocycles. The molecule has 0 unspecified atom stereocenters. The monoisotopic (exact) mass is 514 g/mol. The van der Waals surface area contributed by atoms with Gasteiger partial charge in [0.1, 0.15) is 11.8 Å². The second-order valence-corrected chi connectivity index (χ2v) is 9.56. The summed E-state index contributed by atoms with van der Waals surface area (Å²) in [6.07, 6.45) is 3.06. The third kappa shape index (κ3) is 5.08. The number of alkyl halides is 3. The Bertz CT molecular complexity index is 1310. The highest BCUT2D eigenvalue weighted by molar-refractivity contribution is 5.93. The number of nitrogens with zero attached hydrogens (tertiary/aromatic N) is 5. The van der Waals surface area contributed by atoms with Crippen molar-refractivity contribution in [2.24, 2.45) is 0 Å². The Morgan fingerprint density at radius 3 is 2.73 bits per heavy atom. The molecular formula is C25H25F3N6O3. The normalized spacial score (nSPS) is 19.3. The van der Waals surface area contributed by atoms with Crippen LogP contribution in [0.2, 0.25) is 0 Å². The van der Waals surface area contributed by atoms with E-state index in [4.69, 9.17) is 9.47 Å². The van der Waals surface area contributed by atoms with Gasteiger partial charge in [-0.1, -0.05) is 0 Å². The Kier molecular flexibility index (Phi) is 6.15. The van der Waals surface area contributed by atoms with E-state index in [1.165, 1.54) is 0 Å². The van der Waals surface area contributed by atoms with Crippen LogP contribution >= 0.6 is 0 Å². The number of pyridine rings is 1. The number of aryl methyl sites for hydroxylation is 2. The number of ether oxygens (including phenoxy) is 2. The zero-order valence-corrected chi connectivity index (χ0v) is 19.9. The highest BCUT2D eigenvalue weighted by Gasteiger charge is 2.39. The minimum absolute atomic E-state index is 0.0401. The molecule has 0 aromatic carbocycles. The quantitative estimate of drug-likeness (QED) is 0.539. The Balaban J connectivity index is 1.24. The van der Waals surface area contributed by atoms with E-state index in [1.807, 2.05) is 0 Å². The molecule has 1 amide bonds. The summed E-state index contributed by atoms with van der Waals surface area (Å²) in [7, 11) is 0. The summed E-state index contributed by atoms with van der Waals surface area (Å²) in [6, 6.07) is 0.808. The average molecular weight is 515 g/mol. The lowest BCUT2D eigenvalue weighted by atomic mass is 9.90. The van der Waals surface area contributed by atoms with Crippen molar-refractivity contribution < 1.29 is 27.4 Å². The first-order valence-electron chi connectivity index (χ1n) is 12.3. The van der Waals surface area contributed by atoms with E-state index in [0.717, 1.165) is 24.6 Å². The maximum atomic E-state index is 14.2. The van der Waals surface area contributed by atoms with Gasteiger partial charge in [-0.05, 0) is 37.3 Å². The van der Waals surface area contributed by atoms with Crippen molar-refractivity contribution >= 4 is 5.91 Å². The molecule has 12 heteroatoms. The third-order valence-electron chi connectivity index (χ3n) is 6.76. The van der Waals surface area contributed by atoms with Crippen molar-refractivity contribution in [1.29, 1.82) is 0 Å². The molecule has 3 aromatic rings. The van der Waals surface area contributed by atoms with Crippen LogP contribution in [-0.4, -0.2) is 56.6 Å². The van der Waals surface area contributed by atoms with Crippen LogP contribution in [0.3, 0.4) is 0 Å². The third-order valence-corrected chi connectivity index (χ3v) is 6.76.